The van der Waals surface area contributed by atoms with Crippen LogP contribution in [0.2, 0.25) is 0 Å². The van der Waals surface area contributed by atoms with Gasteiger partial charge in [0.1, 0.15) is 0 Å². The lowest BCUT2D eigenvalue weighted by atomic mass is 9.82. The Bertz CT molecular complexity index is 263. The molecule has 1 aliphatic carbocycles. The van der Waals surface area contributed by atoms with Crippen molar-refractivity contribution in [1.82, 2.24) is 5.32 Å². The third-order valence-electron chi connectivity index (χ3n) is 4.71. The lowest BCUT2D eigenvalue weighted by molar-refractivity contribution is 0.439. The maximum atomic E-state index is 3.76. The second-order valence-corrected chi connectivity index (χ2v) is 6.15. The summed E-state index contributed by atoms with van der Waals surface area (Å²) in [6.45, 7) is 3.53. The largest absolute Gasteiger partial charge is 0.310 e. The van der Waals surface area contributed by atoms with Crippen LogP contribution >= 0.6 is 0 Å². The molecule has 1 heterocycles. The van der Waals surface area contributed by atoms with Crippen molar-refractivity contribution < 1.29 is 0 Å². The zero-order valence-electron chi connectivity index (χ0n) is 12.3. The predicted molar refractivity (Wildman–Crippen MR) is 79.9 cm³/mol. The van der Waals surface area contributed by atoms with E-state index in [1.807, 2.05) is 11.1 Å². The van der Waals surface area contributed by atoms with Gasteiger partial charge >= 0.3 is 0 Å². The van der Waals surface area contributed by atoms with Crippen molar-refractivity contribution in [3.8, 4) is 0 Å². The van der Waals surface area contributed by atoms with E-state index in [-0.39, 0.29) is 0 Å². The van der Waals surface area contributed by atoms with Crippen LogP contribution in [0.4, 0.5) is 0 Å². The predicted octanol–water partition coefficient (Wildman–Crippen LogP) is 4.97. The Balaban J connectivity index is 1.68. The van der Waals surface area contributed by atoms with Crippen molar-refractivity contribution in [2.24, 2.45) is 0 Å². The Kier molecular flexibility index (Phi) is 6.26. The first kappa shape index (κ1) is 14.1. The average Bonchev–Trinajstić information content (AvgIpc) is 2.43. The van der Waals surface area contributed by atoms with Gasteiger partial charge in [-0.25, -0.2) is 0 Å². The number of hydrogen-bond donors (Lipinski definition) is 1. The van der Waals surface area contributed by atoms with E-state index in [2.05, 4.69) is 12.2 Å². The highest BCUT2D eigenvalue weighted by Gasteiger charge is 2.23. The minimum Gasteiger partial charge on any atom is -0.310 e. The fourth-order valence-electron chi connectivity index (χ4n) is 3.62. The maximum Gasteiger partial charge on any atom is 0.0282 e. The number of unbranched alkanes of at least 4 members (excludes halogenated alkanes) is 5. The molecule has 0 radical (unpaired) electrons. The molecule has 0 fully saturated rings. The van der Waals surface area contributed by atoms with Crippen LogP contribution in [0.15, 0.2) is 11.1 Å². The van der Waals surface area contributed by atoms with Crippen LogP contribution in [0.3, 0.4) is 0 Å². The Hall–Kier alpha value is -0.300. The highest BCUT2D eigenvalue weighted by Crippen LogP contribution is 2.33. The standard InChI is InChI=1S/C17H31N/c1-2-3-4-5-6-7-12-17-16-11-9-8-10-15(16)13-14-18-17/h17-18H,2-14H2,1H3. The third-order valence-corrected chi connectivity index (χ3v) is 4.71. The Morgan fingerprint density at radius 1 is 0.944 bits per heavy atom. The molecule has 0 spiro atoms. The first-order chi connectivity index (χ1) is 8.92. The average molecular weight is 249 g/mol. The van der Waals surface area contributed by atoms with E-state index in [0.29, 0.717) is 0 Å². The summed E-state index contributed by atoms with van der Waals surface area (Å²) in [6.07, 6.45) is 17.0. The van der Waals surface area contributed by atoms with Gasteiger partial charge in [0.25, 0.3) is 0 Å². The van der Waals surface area contributed by atoms with Gasteiger partial charge in [0.15, 0.2) is 0 Å². The summed E-state index contributed by atoms with van der Waals surface area (Å²) in [5.41, 5.74) is 3.65. The van der Waals surface area contributed by atoms with Crippen LogP contribution in [0, 0.1) is 0 Å². The summed E-state index contributed by atoms with van der Waals surface area (Å²) < 4.78 is 0. The van der Waals surface area contributed by atoms with Crippen LogP contribution in [-0.2, 0) is 0 Å². The summed E-state index contributed by atoms with van der Waals surface area (Å²) >= 11 is 0. The van der Waals surface area contributed by atoms with Crippen LogP contribution in [0.1, 0.15) is 84.0 Å². The van der Waals surface area contributed by atoms with Crippen molar-refractivity contribution in [3.63, 3.8) is 0 Å². The molecule has 1 unspecified atom stereocenters. The van der Waals surface area contributed by atoms with E-state index >= 15 is 0 Å². The normalized spacial score (nSPS) is 24.2. The van der Waals surface area contributed by atoms with Gasteiger partial charge in [-0.1, -0.05) is 56.6 Å². The molecule has 1 N–H and O–H groups in total. The Labute approximate surface area is 113 Å². The van der Waals surface area contributed by atoms with E-state index in [1.54, 1.807) is 0 Å². The monoisotopic (exact) mass is 249 g/mol. The molecule has 1 nitrogen and oxygen atoms in total. The van der Waals surface area contributed by atoms with Crippen molar-refractivity contribution in [3.05, 3.63) is 11.1 Å². The molecular formula is C17H31N. The van der Waals surface area contributed by atoms with Gasteiger partial charge in [-0.3, -0.25) is 0 Å². The molecule has 0 aromatic carbocycles. The van der Waals surface area contributed by atoms with Gasteiger partial charge in [-0.05, 0) is 45.1 Å². The second-order valence-electron chi connectivity index (χ2n) is 6.15. The van der Waals surface area contributed by atoms with E-state index in [4.69, 9.17) is 0 Å². The molecular weight excluding hydrogens is 218 g/mol. The van der Waals surface area contributed by atoms with Gasteiger partial charge in [0.05, 0.1) is 0 Å². The zero-order chi connectivity index (χ0) is 12.6. The minimum atomic E-state index is 0.750. The molecule has 2 aliphatic rings. The molecule has 0 aromatic heterocycles. The molecule has 18 heavy (non-hydrogen) atoms. The van der Waals surface area contributed by atoms with Gasteiger partial charge in [0, 0.05) is 6.04 Å². The van der Waals surface area contributed by atoms with Gasteiger partial charge in [-0.2, -0.15) is 0 Å². The minimum absolute atomic E-state index is 0.750. The molecule has 0 amide bonds. The van der Waals surface area contributed by atoms with E-state index < -0.39 is 0 Å². The summed E-state index contributed by atoms with van der Waals surface area (Å²) in [4.78, 5) is 0. The summed E-state index contributed by atoms with van der Waals surface area (Å²) in [6, 6.07) is 0.750. The molecule has 0 bridgehead atoms. The van der Waals surface area contributed by atoms with Crippen molar-refractivity contribution in [2.45, 2.75) is 90.0 Å². The van der Waals surface area contributed by atoms with E-state index in [9.17, 15) is 0 Å². The molecule has 2 rings (SSSR count). The van der Waals surface area contributed by atoms with Crippen LogP contribution < -0.4 is 5.32 Å². The third kappa shape index (κ3) is 4.12. The molecule has 1 heteroatoms. The fourth-order valence-corrected chi connectivity index (χ4v) is 3.62. The second kappa shape index (κ2) is 7.99. The molecule has 0 aromatic rings. The van der Waals surface area contributed by atoms with E-state index in [1.165, 1.54) is 83.6 Å². The lowest BCUT2D eigenvalue weighted by Crippen LogP contribution is -2.37. The lowest BCUT2D eigenvalue weighted by Gasteiger charge is -2.33. The fraction of sp³-hybridized carbons (Fsp3) is 0.882. The SMILES string of the molecule is CCCCCCCCC1NCCC2=C1CCCC2. The zero-order valence-corrected chi connectivity index (χ0v) is 12.3. The highest BCUT2D eigenvalue weighted by molar-refractivity contribution is 5.25. The van der Waals surface area contributed by atoms with Gasteiger partial charge in [0.2, 0.25) is 0 Å². The van der Waals surface area contributed by atoms with Crippen LogP contribution in [0.25, 0.3) is 0 Å². The molecule has 104 valence electrons. The van der Waals surface area contributed by atoms with Crippen molar-refractivity contribution in [2.75, 3.05) is 6.54 Å². The summed E-state index contributed by atoms with van der Waals surface area (Å²) in [7, 11) is 0. The molecule has 0 saturated carbocycles. The highest BCUT2D eigenvalue weighted by atomic mass is 14.9. The quantitative estimate of drug-likeness (QED) is 0.496. The molecule has 1 aliphatic heterocycles. The smallest absolute Gasteiger partial charge is 0.0282 e. The van der Waals surface area contributed by atoms with Gasteiger partial charge in [-0.15, -0.1) is 0 Å². The molecule has 0 saturated heterocycles. The van der Waals surface area contributed by atoms with Crippen molar-refractivity contribution >= 4 is 0 Å². The van der Waals surface area contributed by atoms with Crippen LogP contribution in [-0.4, -0.2) is 12.6 Å². The first-order valence-corrected chi connectivity index (χ1v) is 8.36. The summed E-state index contributed by atoms with van der Waals surface area (Å²) in [5, 5.41) is 3.76. The number of nitrogens with one attached hydrogen (secondary N) is 1. The van der Waals surface area contributed by atoms with Gasteiger partial charge < -0.3 is 5.32 Å². The Morgan fingerprint density at radius 2 is 1.72 bits per heavy atom. The maximum absolute atomic E-state index is 3.76. The summed E-state index contributed by atoms with van der Waals surface area (Å²) in [5.74, 6) is 0. The Morgan fingerprint density at radius 3 is 2.61 bits per heavy atom. The van der Waals surface area contributed by atoms with Crippen LogP contribution in [0.5, 0.6) is 0 Å². The number of hydrogen-bond acceptors (Lipinski definition) is 1. The van der Waals surface area contributed by atoms with E-state index in [0.717, 1.165) is 6.04 Å². The number of rotatable bonds is 7. The first-order valence-electron chi connectivity index (χ1n) is 8.36. The topological polar surface area (TPSA) is 12.0 Å². The molecule has 1 atom stereocenters. The van der Waals surface area contributed by atoms with Crippen molar-refractivity contribution in [1.29, 1.82) is 0 Å².